The standard InChI is InChI=1S/C21H24N4O2S/c26-20(8-7-19-22-21(23-27-19)18-9-14-28-16-18)25-11-4-10-24(12-13-25)15-17-5-2-1-3-6-17/h1-3,5-6,9,14,16H,4,7-8,10-13,15H2. The van der Waals surface area contributed by atoms with Crippen LogP contribution in [-0.2, 0) is 17.8 Å². The third kappa shape index (κ3) is 4.85. The molecule has 1 aromatic carbocycles. The van der Waals surface area contributed by atoms with Crippen LogP contribution in [0.25, 0.3) is 11.4 Å². The van der Waals surface area contributed by atoms with Gasteiger partial charge in [0.05, 0.1) is 0 Å². The van der Waals surface area contributed by atoms with E-state index in [9.17, 15) is 4.79 Å². The second-order valence-corrected chi connectivity index (χ2v) is 7.80. The summed E-state index contributed by atoms with van der Waals surface area (Å²) in [5.74, 6) is 1.28. The van der Waals surface area contributed by atoms with E-state index in [4.69, 9.17) is 4.52 Å². The highest BCUT2D eigenvalue weighted by atomic mass is 32.1. The van der Waals surface area contributed by atoms with Crippen LogP contribution < -0.4 is 0 Å². The summed E-state index contributed by atoms with van der Waals surface area (Å²) in [5, 5.41) is 7.97. The molecular formula is C21H24N4O2S. The molecule has 0 aliphatic carbocycles. The van der Waals surface area contributed by atoms with E-state index in [1.807, 2.05) is 27.8 Å². The minimum absolute atomic E-state index is 0.164. The zero-order chi connectivity index (χ0) is 19.2. The Hall–Kier alpha value is -2.51. The SMILES string of the molecule is O=C(CCc1nc(-c2ccsc2)no1)N1CCCN(Cc2ccccc2)CC1. The Morgan fingerprint density at radius 2 is 2.00 bits per heavy atom. The van der Waals surface area contributed by atoms with Crippen LogP contribution >= 0.6 is 11.3 Å². The number of thiophene rings is 1. The van der Waals surface area contributed by atoms with Crippen molar-refractivity contribution in [3.8, 4) is 11.4 Å². The van der Waals surface area contributed by atoms with Crippen LogP contribution in [0.2, 0.25) is 0 Å². The number of hydrogen-bond acceptors (Lipinski definition) is 6. The Morgan fingerprint density at radius 1 is 1.11 bits per heavy atom. The van der Waals surface area contributed by atoms with Gasteiger partial charge in [0.1, 0.15) is 0 Å². The summed E-state index contributed by atoms with van der Waals surface area (Å²) < 4.78 is 5.30. The lowest BCUT2D eigenvalue weighted by atomic mass is 10.2. The van der Waals surface area contributed by atoms with E-state index in [2.05, 4.69) is 39.3 Å². The second-order valence-electron chi connectivity index (χ2n) is 7.02. The lowest BCUT2D eigenvalue weighted by Crippen LogP contribution is -2.35. The average molecular weight is 397 g/mol. The molecule has 0 saturated carbocycles. The van der Waals surface area contributed by atoms with Gasteiger partial charge in [0.2, 0.25) is 17.6 Å². The third-order valence-corrected chi connectivity index (χ3v) is 5.67. The maximum Gasteiger partial charge on any atom is 0.227 e. The number of nitrogens with zero attached hydrogens (tertiary/aromatic N) is 4. The lowest BCUT2D eigenvalue weighted by Gasteiger charge is -2.22. The summed E-state index contributed by atoms with van der Waals surface area (Å²) in [5.41, 5.74) is 2.28. The molecule has 0 atom stereocenters. The van der Waals surface area contributed by atoms with Crippen molar-refractivity contribution >= 4 is 17.2 Å². The van der Waals surface area contributed by atoms with E-state index in [1.54, 1.807) is 11.3 Å². The molecule has 7 heteroatoms. The number of rotatable bonds is 6. The summed E-state index contributed by atoms with van der Waals surface area (Å²) in [6.07, 6.45) is 1.89. The Kier molecular flexibility index (Phi) is 6.14. The minimum atomic E-state index is 0.164. The Bertz CT molecular complexity index is 879. The van der Waals surface area contributed by atoms with Crippen LogP contribution in [0.1, 0.15) is 24.3 Å². The molecule has 1 amide bonds. The highest BCUT2D eigenvalue weighted by Crippen LogP contribution is 2.19. The van der Waals surface area contributed by atoms with Crippen LogP contribution in [0.3, 0.4) is 0 Å². The fraction of sp³-hybridized carbons (Fsp3) is 0.381. The number of hydrogen-bond donors (Lipinski definition) is 0. The fourth-order valence-electron chi connectivity index (χ4n) is 3.46. The molecule has 2 aromatic heterocycles. The molecule has 1 fully saturated rings. The number of amides is 1. The number of aromatic nitrogens is 2. The van der Waals surface area contributed by atoms with Crippen LogP contribution in [0.15, 0.2) is 51.7 Å². The first kappa shape index (κ1) is 18.8. The normalized spacial score (nSPS) is 15.5. The number of benzene rings is 1. The average Bonchev–Trinajstić information content (AvgIpc) is 3.36. The van der Waals surface area contributed by atoms with E-state index in [0.717, 1.165) is 44.7 Å². The molecule has 0 spiro atoms. The molecule has 1 aliphatic heterocycles. The van der Waals surface area contributed by atoms with Crippen molar-refractivity contribution in [2.75, 3.05) is 26.2 Å². The van der Waals surface area contributed by atoms with E-state index < -0.39 is 0 Å². The summed E-state index contributed by atoms with van der Waals surface area (Å²) >= 11 is 1.60. The summed E-state index contributed by atoms with van der Waals surface area (Å²) in [6.45, 7) is 4.45. The summed E-state index contributed by atoms with van der Waals surface area (Å²) in [6, 6.07) is 12.5. The zero-order valence-corrected chi connectivity index (χ0v) is 16.6. The first-order valence-corrected chi connectivity index (χ1v) is 10.6. The smallest absolute Gasteiger partial charge is 0.227 e. The minimum Gasteiger partial charge on any atom is -0.341 e. The van der Waals surface area contributed by atoms with E-state index in [-0.39, 0.29) is 5.91 Å². The van der Waals surface area contributed by atoms with Crippen molar-refractivity contribution in [3.05, 3.63) is 58.6 Å². The van der Waals surface area contributed by atoms with Gasteiger partial charge in [-0.1, -0.05) is 35.5 Å². The summed E-state index contributed by atoms with van der Waals surface area (Å²) in [4.78, 5) is 21.4. The molecule has 146 valence electrons. The first-order chi connectivity index (χ1) is 13.8. The largest absolute Gasteiger partial charge is 0.341 e. The van der Waals surface area contributed by atoms with Gasteiger partial charge in [0, 0.05) is 56.5 Å². The van der Waals surface area contributed by atoms with Gasteiger partial charge in [-0.15, -0.1) is 0 Å². The van der Waals surface area contributed by atoms with Crippen molar-refractivity contribution in [2.24, 2.45) is 0 Å². The molecule has 0 N–H and O–H groups in total. The van der Waals surface area contributed by atoms with Gasteiger partial charge in [-0.05, 0) is 23.4 Å². The lowest BCUT2D eigenvalue weighted by molar-refractivity contribution is -0.131. The first-order valence-electron chi connectivity index (χ1n) is 9.67. The Labute approximate surface area is 168 Å². The number of carbonyl (C=O) groups is 1. The fourth-order valence-corrected chi connectivity index (χ4v) is 4.09. The molecule has 0 radical (unpaired) electrons. The van der Waals surface area contributed by atoms with Crippen molar-refractivity contribution in [1.82, 2.24) is 19.9 Å². The Morgan fingerprint density at radius 3 is 2.82 bits per heavy atom. The van der Waals surface area contributed by atoms with Crippen LogP contribution in [0, 0.1) is 0 Å². The zero-order valence-electron chi connectivity index (χ0n) is 15.8. The van der Waals surface area contributed by atoms with Crippen molar-refractivity contribution in [2.45, 2.75) is 25.8 Å². The van der Waals surface area contributed by atoms with Gasteiger partial charge >= 0.3 is 0 Å². The molecule has 6 nitrogen and oxygen atoms in total. The van der Waals surface area contributed by atoms with Gasteiger partial charge in [-0.2, -0.15) is 16.3 Å². The molecule has 1 saturated heterocycles. The predicted octanol–water partition coefficient (Wildman–Crippen LogP) is 3.47. The third-order valence-electron chi connectivity index (χ3n) is 4.99. The summed E-state index contributed by atoms with van der Waals surface area (Å²) in [7, 11) is 0. The van der Waals surface area contributed by atoms with Crippen molar-refractivity contribution in [1.29, 1.82) is 0 Å². The molecule has 3 heterocycles. The highest BCUT2D eigenvalue weighted by Gasteiger charge is 2.20. The van der Waals surface area contributed by atoms with Gasteiger partial charge in [-0.3, -0.25) is 9.69 Å². The van der Waals surface area contributed by atoms with Crippen molar-refractivity contribution in [3.63, 3.8) is 0 Å². The molecule has 28 heavy (non-hydrogen) atoms. The van der Waals surface area contributed by atoms with Gasteiger partial charge < -0.3 is 9.42 Å². The molecule has 4 rings (SSSR count). The molecule has 3 aromatic rings. The molecular weight excluding hydrogens is 372 g/mol. The van der Waals surface area contributed by atoms with Gasteiger partial charge in [0.25, 0.3) is 0 Å². The number of aryl methyl sites for hydroxylation is 1. The van der Waals surface area contributed by atoms with Gasteiger partial charge in [-0.25, -0.2) is 0 Å². The van der Waals surface area contributed by atoms with Crippen LogP contribution in [-0.4, -0.2) is 52.0 Å². The molecule has 0 unspecified atom stereocenters. The van der Waals surface area contributed by atoms with Crippen LogP contribution in [0.5, 0.6) is 0 Å². The maximum atomic E-state index is 12.6. The van der Waals surface area contributed by atoms with Gasteiger partial charge in [0.15, 0.2) is 0 Å². The van der Waals surface area contributed by atoms with Crippen LogP contribution in [0.4, 0.5) is 0 Å². The van der Waals surface area contributed by atoms with Crippen molar-refractivity contribution < 1.29 is 9.32 Å². The van der Waals surface area contributed by atoms with E-state index in [0.29, 0.717) is 24.6 Å². The molecule has 1 aliphatic rings. The maximum absolute atomic E-state index is 12.6. The second kappa shape index (κ2) is 9.12. The molecule has 0 bridgehead atoms. The highest BCUT2D eigenvalue weighted by molar-refractivity contribution is 7.08. The van der Waals surface area contributed by atoms with E-state index >= 15 is 0 Å². The number of carbonyl (C=O) groups excluding carboxylic acids is 1. The predicted molar refractivity (Wildman–Crippen MR) is 109 cm³/mol. The van der Waals surface area contributed by atoms with E-state index in [1.165, 1.54) is 5.56 Å². The topological polar surface area (TPSA) is 62.5 Å². The Balaban J connectivity index is 1.26. The monoisotopic (exact) mass is 396 g/mol. The quantitative estimate of drug-likeness (QED) is 0.638.